The first-order chi connectivity index (χ1) is 16.3. The molecule has 1 fully saturated rings. The third-order valence-corrected chi connectivity index (χ3v) is 8.79. The van der Waals surface area contributed by atoms with Gasteiger partial charge in [-0.2, -0.15) is 4.31 Å². The molecule has 1 aromatic heterocycles. The van der Waals surface area contributed by atoms with Crippen molar-refractivity contribution in [3.05, 3.63) is 76.7 Å². The maximum absolute atomic E-state index is 13.5. The van der Waals surface area contributed by atoms with Gasteiger partial charge in [0, 0.05) is 62.7 Å². The van der Waals surface area contributed by atoms with Crippen molar-refractivity contribution in [3.8, 4) is 16.9 Å². The fraction of sp³-hybridized carbons (Fsp3) is 0.346. The lowest BCUT2D eigenvalue weighted by Gasteiger charge is -2.42. The van der Waals surface area contributed by atoms with E-state index >= 15 is 0 Å². The van der Waals surface area contributed by atoms with Gasteiger partial charge in [0.2, 0.25) is 10.0 Å². The number of ether oxygens (including phenoxy) is 1. The lowest BCUT2D eigenvalue weighted by molar-refractivity contribution is 0.187. The van der Waals surface area contributed by atoms with Crippen LogP contribution >= 0.6 is 0 Å². The topological polar surface area (TPSA) is 71.9 Å². The monoisotopic (exact) mass is 479 g/mol. The van der Waals surface area contributed by atoms with Crippen molar-refractivity contribution in [1.82, 2.24) is 8.87 Å². The van der Waals surface area contributed by atoms with E-state index in [1.54, 1.807) is 41.7 Å². The van der Waals surface area contributed by atoms with Crippen LogP contribution in [0.4, 0.5) is 5.69 Å². The van der Waals surface area contributed by atoms with Crippen LogP contribution < -0.4 is 15.2 Å². The molecular formula is C26H29N3O4S. The van der Waals surface area contributed by atoms with Gasteiger partial charge < -0.3 is 14.2 Å². The van der Waals surface area contributed by atoms with Crippen molar-refractivity contribution in [1.29, 1.82) is 0 Å². The SMILES string of the molecule is COc1ccc(S(=O)(=O)N2C[C@@H]3C[C@H](C2)c2c(-c4ccc(N(C)C)cc4)ccc(=O)n2C3)cc1. The van der Waals surface area contributed by atoms with Gasteiger partial charge in [-0.25, -0.2) is 8.42 Å². The Morgan fingerprint density at radius 2 is 1.62 bits per heavy atom. The summed E-state index contributed by atoms with van der Waals surface area (Å²) in [4.78, 5) is 15.1. The Kier molecular flexibility index (Phi) is 5.73. The molecule has 0 unspecified atom stereocenters. The Morgan fingerprint density at radius 3 is 2.26 bits per heavy atom. The van der Waals surface area contributed by atoms with Gasteiger partial charge in [-0.05, 0) is 60.4 Å². The van der Waals surface area contributed by atoms with Gasteiger partial charge in [0.05, 0.1) is 12.0 Å². The maximum Gasteiger partial charge on any atom is 0.250 e. The summed E-state index contributed by atoms with van der Waals surface area (Å²) in [5, 5.41) is 0. The molecule has 0 N–H and O–H groups in total. The van der Waals surface area contributed by atoms with Crippen LogP contribution in [0.5, 0.6) is 5.75 Å². The lowest BCUT2D eigenvalue weighted by atomic mass is 9.81. The highest BCUT2D eigenvalue weighted by molar-refractivity contribution is 7.89. The van der Waals surface area contributed by atoms with E-state index in [1.165, 1.54) is 0 Å². The van der Waals surface area contributed by atoms with Gasteiger partial charge in [0.25, 0.3) is 5.56 Å². The zero-order valence-corrected chi connectivity index (χ0v) is 20.5. The minimum Gasteiger partial charge on any atom is -0.497 e. The average Bonchev–Trinajstić information content (AvgIpc) is 2.84. The summed E-state index contributed by atoms with van der Waals surface area (Å²) in [5.74, 6) is 0.675. The second kappa shape index (κ2) is 8.60. The first-order valence-corrected chi connectivity index (χ1v) is 12.9. The fourth-order valence-electron chi connectivity index (χ4n) is 5.25. The summed E-state index contributed by atoms with van der Waals surface area (Å²) in [6, 6.07) is 18.3. The normalized spacial score (nSPS) is 20.0. The number of methoxy groups -OCH3 is 1. The molecule has 2 aromatic carbocycles. The van der Waals surface area contributed by atoms with Crippen LogP contribution in [0.25, 0.3) is 11.1 Å². The van der Waals surface area contributed by atoms with Crippen molar-refractivity contribution >= 4 is 15.7 Å². The van der Waals surface area contributed by atoms with E-state index in [-0.39, 0.29) is 22.3 Å². The highest BCUT2D eigenvalue weighted by atomic mass is 32.2. The van der Waals surface area contributed by atoms with Crippen LogP contribution in [-0.2, 0) is 16.6 Å². The standard InChI is InChI=1S/C26H29N3O4S/c1-27(2)21-6-4-19(5-7-21)24-12-13-25(30)29-16-18-14-20(26(24)29)17-28(15-18)34(31,32)23-10-8-22(33-3)9-11-23/h4-13,18,20H,14-17H2,1-3H3/t18-,20+/m0/s1. The Hall–Kier alpha value is -3.10. The Balaban J connectivity index is 1.52. The number of hydrogen-bond donors (Lipinski definition) is 0. The summed E-state index contributed by atoms with van der Waals surface area (Å²) >= 11 is 0. The number of hydrogen-bond acceptors (Lipinski definition) is 5. The van der Waals surface area contributed by atoms with E-state index in [0.717, 1.165) is 28.9 Å². The minimum absolute atomic E-state index is 0.0233. The number of rotatable bonds is 5. The van der Waals surface area contributed by atoms with Gasteiger partial charge in [-0.1, -0.05) is 12.1 Å². The van der Waals surface area contributed by atoms with Gasteiger partial charge in [0.15, 0.2) is 0 Å². The number of fused-ring (bicyclic) bond motifs is 4. The second-order valence-electron chi connectivity index (χ2n) is 9.32. The van der Waals surface area contributed by atoms with Gasteiger partial charge in [0.1, 0.15) is 5.75 Å². The molecule has 3 heterocycles. The quantitative estimate of drug-likeness (QED) is 0.561. The molecule has 2 bridgehead atoms. The van der Waals surface area contributed by atoms with Gasteiger partial charge in [-0.3, -0.25) is 4.79 Å². The highest BCUT2D eigenvalue weighted by Crippen LogP contribution is 2.41. The number of pyridine rings is 1. The van der Waals surface area contributed by atoms with Crippen LogP contribution in [0.3, 0.4) is 0 Å². The van der Waals surface area contributed by atoms with E-state index in [0.29, 0.717) is 25.4 Å². The number of benzene rings is 2. The van der Waals surface area contributed by atoms with E-state index in [4.69, 9.17) is 4.74 Å². The number of anilines is 1. The van der Waals surface area contributed by atoms with Crippen LogP contribution in [0.2, 0.25) is 0 Å². The van der Waals surface area contributed by atoms with Crippen molar-refractivity contribution in [2.24, 2.45) is 5.92 Å². The van der Waals surface area contributed by atoms with Gasteiger partial charge in [-0.15, -0.1) is 0 Å². The molecule has 2 aliphatic rings. The number of sulfonamides is 1. The van der Waals surface area contributed by atoms with Gasteiger partial charge >= 0.3 is 0 Å². The third-order valence-electron chi connectivity index (χ3n) is 6.95. The number of nitrogens with zero attached hydrogens (tertiary/aromatic N) is 3. The van der Waals surface area contributed by atoms with Crippen molar-refractivity contribution in [2.45, 2.75) is 23.8 Å². The van der Waals surface area contributed by atoms with E-state index < -0.39 is 10.0 Å². The molecule has 2 atom stereocenters. The predicted octanol–water partition coefficient (Wildman–Crippen LogP) is 3.40. The Morgan fingerprint density at radius 1 is 0.912 bits per heavy atom. The Bertz CT molecular complexity index is 1360. The van der Waals surface area contributed by atoms with Crippen LogP contribution in [0.15, 0.2) is 70.4 Å². The van der Waals surface area contributed by atoms with Crippen LogP contribution in [-0.4, -0.2) is 51.6 Å². The molecule has 5 rings (SSSR count). The molecule has 3 aromatic rings. The highest BCUT2D eigenvalue weighted by Gasteiger charge is 2.40. The molecule has 178 valence electrons. The van der Waals surface area contributed by atoms with Crippen LogP contribution in [0.1, 0.15) is 18.0 Å². The fourth-order valence-corrected chi connectivity index (χ4v) is 6.81. The maximum atomic E-state index is 13.5. The van der Waals surface area contributed by atoms with Crippen molar-refractivity contribution < 1.29 is 13.2 Å². The predicted molar refractivity (Wildman–Crippen MR) is 133 cm³/mol. The van der Waals surface area contributed by atoms with Crippen molar-refractivity contribution in [3.63, 3.8) is 0 Å². The summed E-state index contributed by atoms with van der Waals surface area (Å²) < 4.78 is 35.6. The van der Waals surface area contributed by atoms with E-state index in [1.807, 2.05) is 29.6 Å². The van der Waals surface area contributed by atoms with Crippen molar-refractivity contribution in [2.75, 3.05) is 39.2 Å². The summed E-state index contributed by atoms with van der Waals surface area (Å²) in [7, 11) is 1.90. The van der Waals surface area contributed by atoms with Crippen LogP contribution in [0, 0.1) is 5.92 Å². The molecular weight excluding hydrogens is 450 g/mol. The molecule has 7 nitrogen and oxygen atoms in total. The summed E-state index contributed by atoms with van der Waals surface area (Å²) in [6.07, 6.45) is 0.876. The molecule has 0 aliphatic carbocycles. The zero-order chi connectivity index (χ0) is 24.0. The zero-order valence-electron chi connectivity index (χ0n) is 19.6. The van der Waals surface area contributed by atoms with E-state index in [9.17, 15) is 13.2 Å². The first-order valence-electron chi connectivity index (χ1n) is 11.4. The third kappa shape index (κ3) is 3.91. The number of piperidine rings is 1. The lowest BCUT2D eigenvalue weighted by Crippen LogP contribution is -2.49. The smallest absolute Gasteiger partial charge is 0.250 e. The second-order valence-corrected chi connectivity index (χ2v) is 11.3. The molecule has 0 radical (unpaired) electrons. The molecule has 8 heteroatoms. The average molecular weight is 480 g/mol. The summed E-state index contributed by atoms with van der Waals surface area (Å²) in [5.41, 5.74) is 4.04. The molecule has 0 spiro atoms. The summed E-state index contributed by atoms with van der Waals surface area (Å²) in [6.45, 7) is 1.30. The first kappa shape index (κ1) is 22.7. The number of aromatic nitrogens is 1. The Labute approximate surface area is 200 Å². The molecule has 2 aliphatic heterocycles. The largest absolute Gasteiger partial charge is 0.497 e. The molecule has 1 saturated heterocycles. The molecule has 34 heavy (non-hydrogen) atoms. The minimum atomic E-state index is -3.65. The molecule has 0 amide bonds. The van der Waals surface area contributed by atoms with E-state index in [2.05, 4.69) is 24.3 Å². The molecule has 0 saturated carbocycles.